The van der Waals surface area contributed by atoms with E-state index in [0.717, 1.165) is 17.7 Å². The number of carbonyl (C=O) groups excluding carboxylic acids is 1. The highest BCUT2D eigenvalue weighted by molar-refractivity contribution is 5.92. The molecular formula is C16H13F3N2O4. The second-order valence-electron chi connectivity index (χ2n) is 5.09. The molecule has 0 bridgehead atoms. The lowest BCUT2D eigenvalue weighted by Gasteiger charge is -2.14. The summed E-state index contributed by atoms with van der Waals surface area (Å²) in [6, 6.07) is 8.94. The van der Waals surface area contributed by atoms with Crippen LogP contribution in [0, 0.1) is 17.0 Å². The molecule has 1 amide bonds. The first-order valence-electron chi connectivity index (χ1n) is 7.02. The Bertz CT molecular complexity index is 806. The fourth-order valence-corrected chi connectivity index (χ4v) is 2.02. The number of rotatable bonds is 5. The number of non-ortho nitro benzene ring substituents is 1. The molecule has 0 radical (unpaired) electrons. The smallest absolute Gasteiger partial charge is 0.420 e. The van der Waals surface area contributed by atoms with E-state index < -0.39 is 40.6 Å². The first-order valence-corrected chi connectivity index (χ1v) is 7.02. The van der Waals surface area contributed by atoms with Crippen LogP contribution < -0.4 is 10.1 Å². The van der Waals surface area contributed by atoms with Gasteiger partial charge in [0.15, 0.2) is 6.61 Å². The van der Waals surface area contributed by atoms with Crippen LogP contribution in [0.3, 0.4) is 0 Å². The molecule has 0 saturated carbocycles. The van der Waals surface area contributed by atoms with Crippen molar-refractivity contribution in [2.24, 2.45) is 0 Å². The summed E-state index contributed by atoms with van der Waals surface area (Å²) < 4.78 is 44.0. The van der Waals surface area contributed by atoms with Crippen LogP contribution in [0.5, 0.6) is 5.75 Å². The zero-order valence-corrected chi connectivity index (χ0v) is 13.0. The average molecular weight is 354 g/mol. The summed E-state index contributed by atoms with van der Waals surface area (Å²) in [6.45, 7) is 1.09. The van der Waals surface area contributed by atoms with Crippen LogP contribution in [-0.2, 0) is 11.0 Å². The van der Waals surface area contributed by atoms with Crippen LogP contribution in [0.15, 0.2) is 42.5 Å². The first kappa shape index (κ1) is 18.2. The normalized spacial score (nSPS) is 11.0. The molecule has 132 valence electrons. The minimum atomic E-state index is -4.85. The van der Waals surface area contributed by atoms with E-state index >= 15 is 0 Å². The van der Waals surface area contributed by atoms with Crippen molar-refractivity contribution in [3.63, 3.8) is 0 Å². The number of aryl methyl sites for hydroxylation is 1. The maximum atomic E-state index is 13.0. The number of anilines is 1. The van der Waals surface area contributed by atoms with Crippen LogP contribution in [0.1, 0.15) is 11.1 Å². The molecule has 0 unspecified atom stereocenters. The van der Waals surface area contributed by atoms with E-state index in [1.807, 2.05) is 0 Å². The van der Waals surface area contributed by atoms with Gasteiger partial charge in [0, 0.05) is 17.8 Å². The molecule has 25 heavy (non-hydrogen) atoms. The molecule has 0 spiro atoms. The third kappa shape index (κ3) is 4.69. The molecule has 0 fully saturated rings. The Morgan fingerprint density at radius 1 is 1.24 bits per heavy atom. The van der Waals surface area contributed by atoms with E-state index in [0.29, 0.717) is 11.8 Å². The van der Waals surface area contributed by atoms with Crippen LogP contribution >= 0.6 is 0 Å². The predicted octanol–water partition coefficient (Wildman–Crippen LogP) is 3.94. The highest BCUT2D eigenvalue weighted by Gasteiger charge is 2.36. The third-order valence-electron chi connectivity index (χ3n) is 3.26. The van der Waals surface area contributed by atoms with Gasteiger partial charge in [-0.15, -0.1) is 0 Å². The molecule has 0 aliphatic rings. The summed E-state index contributed by atoms with van der Waals surface area (Å²) in [6.07, 6.45) is -4.85. The number of hydrogen-bond acceptors (Lipinski definition) is 4. The van der Waals surface area contributed by atoms with Gasteiger partial charge in [-0.1, -0.05) is 18.2 Å². The molecule has 9 heteroatoms. The summed E-state index contributed by atoms with van der Waals surface area (Å²) >= 11 is 0. The highest BCUT2D eigenvalue weighted by Crippen LogP contribution is 2.38. The van der Waals surface area contributed by atoms with Crippen molar-refractivity contribution in [2.45, 2.75) is 13.1 Å². The second-order valence-corrected chi connectivity index (χ2v) is 5.09. The van der Waals surface area contributed by atoms with Crippen molar-refractivity contribution in [3.8, 4) is 5.75 Å². The standard InChI is InChI=1S/C16H13F3N2O4/c1-10-4-2-3-5-13(10)20-15(22)9-25-14-7-6-11(21(23)24)8-12(14)16(17,18)19/h2-8H,9H2,1H3,(H,20,22). The van der Waals surface area contributed by atoms with Gasteiger partial charge in [0.2, 0.25) is 0 Å². The monoisotopic (exact) mass is 354 g/mol. The Kier molecular flexibility index (Phi) is 5.26. The summed E-state index contributed by atoms with van der Waals surface area (Å²) in [4.78, 5) is 21.5. The zero-order valence-electron chi connectivity index (χ0n) is 13.0. The van der Waals surface area contributed by atoms with Crippen LogP contribution in [0.4, 0.5) is 24.5 Å². The fourth-order valence-electron chi connectivity index (χ4n) is 2.02. The minimum Gasteiger partial charge on any atom is -0.483 e. The van der Waals surface area contributed by atoms with Crippen molar-refractivity contribution in [2.75, 3.05) is 11.9 Å². The summed E-state index contributed by atoms with van der Waals surface area (Å²) in [5.41, 5.74) is -0.743. The Morgan fingerprint density at radius 2 is 1.92 bits per heavy atom. The van der Waals surface area contributed by atoms with Gasteiger partial charge in [-0.3, -0.25) is 14.9 Å². The topological polar surface area (TPSA) is 81.5 Å². The SMILES string of the molecule is Cc1ccccc1NC(=O)COc1ccc([N+](=O)[O-])cc1C(F)(F)F. The number of para-hydroxylation sites is 1. The minimum absolute atomic E-state index is 0.370. The fraction of sp³-hybridized carbons (Fsp3) is 0.188. The lowest BCUT2D eigenvalue weighted by Crippen LogP contribution is -2.21. The van der Waals surface area contributed by atoms with Crippen molar-refractivity contribution in [3.05, 3.63) is 63.7 Å². The summed E-state index contributed by atoms with van der Waals surface area (Å²) in [5.74, 6) is -1.31. The molecule has 6 nitrogen and oxygen atoms in total. The molecule has 2 aromatic rings. The number of hydrogen-bond donors (Lipinski definition) is 1. The predicted molar refractivity (Wildman–Crippen MR) is 83.4 cm³/mol. The van der Waals surface area contributed by atoms with E-state index in [1.165, 1.54) is 0 Å². The van der Waals surface area contributed by atoms with Gasteiger partial charge in [0.05, 0.1) is 4.92 Å². The molecule has 1 N–H and O–H groups in total. The average Bonchev–Trinajstić information content (AvgIpc) is 2.54. The van der Waals surface area contributed by atoms with Gasteiger partial charge < -0.3 is 10.1 Å². The molecule has 0 aliphatic heterocycles. The van der Waals surface area contributed by atoms with Crippen molar-refractivity contribution >= 4 is 17.3 Å². The molecular weight excluding hydrogens is 341 g/mol. The van der Waals surface area contributed by atoms with E-state index in [4.69, 9.17) is 4.74 Å². The highest BCUT2D eigenvalue weighted by atomic mass is 19.4. The van der Waals surface area contributed by atoms with Crippen LogP contribution in [-0.4, -0.2) is 17.4 Å². The third-order valence-corrected chi connectivity index (χ3v) is 3.26. The molecule has 0 atom stereocenters. The zero-order chi connectivity index (χ0) is 18.6. The Labute approximate surface area is 140 Å². The molecule has 0 heterocycles. The molecule has 0 saturated heterocycles. The van der Waals surface area contributed by atoms with Gasteiger partial charge in [0.25, 0.3) is 11.6 Å². The van der Waals surface area contributed by atoms with E-state index in [-0.39, 0.29) is 0 Å². The number of nitrogens with one attached hydrogen (secondary N) is 1. The van der Waals surface area contributed by atoms with Gasteiger partial charge in [-0.2, -0.15) is 13.2 Å². The Balaban J connectivity index is 2.13. The number of ether oxygens (including phenoxy) is 1. The largest absolute Gasteiger partial charge is 0.483 e. The number of halogens is 3. The molecule has 2 aromatic carbocycles. The first-order chi connectivity index (χ1) is 11.7. The Morgan fingerprint density at radius 3 is 2.52 bits per heavy atom. The summed E-state index contributed by atoms with van der Waals surface area (Å²) in [7, 11) is 0. The van der Waals surface area contributed by atoms with Crippen molar-refractivity contribution in [1.82, 2.24) is 0 Å². The summed E-state index contributed by atoms with van der Waals surface area (Å²) in [5, 5.41) is 13.1. The lowest BCUT2D eigenvalue weighted by molar-refractivity contribution is -0.385. The number of nitro benzene ring substituents is 1. The van der Waals surface area contributed by atoms with Gasteiger partial charge in [-0.05, 0) is 24.6 Å². The molecule has 2 rings (SSSR count). The lowest BCUT2D eigenvalue weighted by atomic mass is 10.1. The number of nitro groups is 1. The number of amides is 1. The van der Waals surface area contributed by atoms with Gasteiger partial charge >= 0.3 is 6.18 Å². The van der Waals surface area contributed by atoms with E-state index in [9.17, 15) is 28.1 Å². The van der Waals surface area contributed by atoms with Crippen molar-refractivity contribution < 1.29 is 27.6 Å². The van der Waals surface area contributed by atoms with Crippen LogP contribution in [0.25, 0.3) is 0 Å². The number of alkyl halides is 3. The molecule has 0 aliphatic carbocycles. The number of benzene rings is 2. The van der Waals surface area contributed by atoms with Gasteiger partial charge in [0.1, 0.15) is 11.3 Å². The van der Waals surface area contributed by atoms with Crippen LogP contribution in [0.2, 0.25) is 0 Å². The maximum Gasteiger partial charge on any atom is 0.420 e. The number of nitrogens with zero attached hydrogens (tertiary/aromatic N) is 1. The second kappa shape index (κ2) is 7.20. The maximum absolute atomic E-state index is 13.0. The molecule has 0 aromatic heterocycles. The Hall–Kier alpha value is -3.10. The van der Waals surface area contributed by atoms with E-state index in [1.54, 1.807) is 31.2 Å². The van der Waals surface area contributed by atoms with Gasteiger partial charge in [-0.25, -0.2) is 0 Å². The van der Waals surface area contributed by atoms with Crippen molar-refractivity contribution in [1.29, 1.82) is 0 Å². The quantitative estimate of drug-likeness (QED) is 0.651. The van der Waals surface area contributed by atoms with E-state index in [2.05, 4.69) is 5.32 Å². The number of carbonyl (C=O) groups is 1.